The van der Waals surface area contributed by atoms with Crippen molar-refractivity contribution in [3.8, 4) is 0 Å². The van der Waals surface area contributed by atoms with E-state index in [4.69, 9.17) is 37.3 Å². The topological polar surface area (TPSA) is 160 Å². The number of allylic oxidation sites excluding steroid dienone is 4. The molecule has 10 fully saturated rings. The number of furan rings is 2. The van der Waals surface area contributed by atoms with Gasteiger partial charge in [0.05, 0.1) is 95.9 Å². The van der Waals surface area contributed by atoms with Gasteiger partial charge in [0.15, 0.2) is 11.6 Å². The number of epoxide rings is 4. The number of hydrogen-bond acceptors (Lipinski definition) is 10. The highest BCUT2D eigenvalue weighted by Gasteiger charge is 2.98. The molecule has 2 aromatic rings. The van der Waals surface area contributed by atoms with Crippen molar-refractivity contribution < 1.29 is 52.3 Å². The Morgan fingerprint density at radius 2 is 0.937 bits per heavy atom. The molecule has 2 N–H and O–H groups in total. The lowest BCUT2D eigenvalue weighted by atomic mass is 9.38. The van der Waals surface area contributed by atoms with Crippen LogP contribution in [-0.4, -0.2) is 77.1 Å². The van der Waals surface area contributed by atoms with Crippen LogP contribution in [0.1, 0.15) is 104 Å². The van der Waals surface area contributed by atoms with Crippen molar-refractivity contribution in [2.45, 2.75) is 140 Å². The Labute approximate surface area is 367 Å². The van der Waals surface area contributed by atoms with Gasteiger partial charge in [0.25, 0.3) is 0 Å². The number of carbonyl (C=O) groups excluding carboxylic acids is 2. The normalized spacial score (nSPS) is 60.4. The Morgan fingerprint density at radius 3 is 1.32 bits per heavy atom. The molecule has 0 aromatic carbocycles. The summed E-state index contributed by atoms with van der Waals surface area (Å²) < 4.78 is 50.6. The van der Waals surface area contributed by atoms with E-state index in [-0.39, 0.29) is 86.2 Å². The average molecular weight is 859 g/mol. The molecule has 0 bridgehead atoms. The molecule has 14 aliphatic rings. The monoisotopic (exact) mass is 858 g/mol. The highest BCUT2D eigenvalue weighted by molar-refractivity contribution is 5.99. The summed E-state index contributed by atoms with van der Waals surface area (Å²) in [6, 6.07) is 4.20. The highest BCUT2D eigenvalue weighted by atomic mass is 16.7. The number of hydrogen-bond donors (Lipinski definition) is 0. The lowest BCUT2D eigenvalue weighted by Gasteiger charge is -2.60. The van der Waals surface area contributed by atoms with Crippen molar-refractivity contribution in [3.63, 3.8) is 0 Å². The van der Waals surface area contributed by atoms with Gasteiger partial charge in [-0.25, -0.2) is 0 Å². The summed E-state index contributed by atoms with van der Waals surface area (Å²) in [5.74, 6) is 3.10. The van der Waals surface area contributed by atoms with Crippen LogP contribution in [0.15, 0.2) is 94.0 Å². The largest absolute Gasteiger partial charge is 0.497 e. The van der Waals surface area contributed by atoms with Crippen molar-refractivity contribution in [3.05, 3.63) is 96.3 Å². The van der Waals surface area contributed by atoms with Crippen LogP contribution in [0.3, 0.4) is 0 Å². The fourth-order valence-electron chi connectivity index (χ4n) is 19.7. The second kappa shape index (κ2) is 10.3. The van der Waals surface area contributed by atoms with Gasteiger partial charge in [0.1, 0.15) is 22.4 Å². The van der Waals surface area contributed by atoms with Crippen LogP contribution in [0.2, 0.25) is 0 Å². The molecule has 332 valence electrons. The lowest BCUT2D eigenvalue weighted by Crippen LogP contribution is -2.70. The summed E-state index contributed by atoms with van der Waals surface area (Å²) in [6.45, 7) is 19.3. The van der Waals surface area contributed by atoms with Crippen molar-refractivity contribution in [1.29, 1.82) is 0 Å². The molecule has 6 aliphatic heterocycles. The van der Waals surface area contributed by atoms with Gasteiger partial charge in [-0.05, 0) is 98.9 Å². The molecule has 6 saturated heterocycles. The number of ketones is 2. The summed E-state index contributed by atoms with van der Waals surface area (Å²) >= 11 is 0. The van der Waals surface area contributed by atoms with E-state index in [1.54, 1.807) is 12.5 Å². The zero-order chi connectivity index (χ0) is 42.5. The van der Waals surface area contributed by atoms with E-state index in [0.29, 0.717) is 25.0 Å². The van der Waals surface area contributed by atoms with Gasteiger partial charge in [-0.15, -0.1) is 0 Å². The average Bonchev–Trinajstić information content (AvgIpc) is 4.17. The summed E-state index contributed by atoms with van der Waals surface area (Å²) in [7, 11) is 0. The molecule has 4 saturated carbocycles. The van der Waals surface area contributed by atoms with E-state index in [1.807, 2.05) is 24.7 Å². The van der Waals surface area contributed by atoms with Crippen molar-refractivity contribution in [1.82, 2.24) is 0 Å². The Hall–Kier alpha value is -3.74. The molecule has 16 rings (SSSR count). The Morgan fingerprint density at radius 1 is 0.540 bits per heavy atom. The smallest absolute Gasteiger partial charge is 0.165 e. The first-order valence-corrected chi connectivity index (χ1v) is 23.3. The molecule has 11 nitrogen and oxygen atoms in total. The van der Waals surface area contributed by atoms with Crippen LogP contribution >= 0.6 is 0 Å². The first-order valence-electron chi connectivity index (χ1n) is 23.3. The predicted octanol–water partition coefficient (Wildman–Crippen LogP) is 7.48. The SMILES string of the molecule is C[C@@]12C=C3OC[C@]4(C)C=CC(=O)[C@@](C)([C@@H]34)[C@@]13O[C@H]3C[C@@]1(C)[C@H](c3ccoc3)C[C@H]3O[C@@]321.C[C@@]12C=C3OC[C@]4(C)C=CC(=O)[C@@](C)([C@@H]34)[C@@]13O[C@H]3C[C@@]1(C)[C@H](c3ccoc3)C[C@H]3O[C@@]321.O. The van der Waals surface area contributed by atoms with Crippen LogP contribution in [0.25, 0.3) is 0 Å². The zero-order valence-corrected chi connectivity index (χ0v) is 37.4. The van der Waals surface area contributed by atoms with Crippen LogP contribution in [0.5, 0.6) is 0 Å². The maximum Gasteiger partial charge on any atom is 0.165 e. The van der Waals surface area contributed by atoms with E-state index in [2.05, 4.69) is 91.8 Å². The molecule has 0 radical (unpaired) electrons. The van der Waals surface area contributed by atoms with E-state index in [0.717, 1.165) is 37.2 Å². The van der Waals surface area contributed by atoms with Crippen LogP contribution in [-0.2, 0) is 38.0 Å². The third kappa shape index (κ3) is 3.36. The molecule has 63 heavy (non-hydrogen) atoms. The third-order valence-corrected chi connectivity index (χ3v) is 22.0. The van der Waals surface area contributed by atoms with E-state index < -0.39 is 32.9 Å². The highest BCUT2D eigenvalue weighted by Crippen LogP contribution is 2.89. The standard InChI is InChI=1S/2C26H28O5.H2O/c2*1-21-7-5-17(27)24(4)20(21)16(29-13-21)10-23(3)25-18(30-25)9-15(14-6-8-28-12-14)22(25,2)11-19-26(23,24)31-19;/h2*5-8,10,12,15,18-20H,9,11,13H2,1-4H3;1H2/t2*15-,18+,19-,20-,21-,22-,23-,24-,25+,26-;/m00./s1. The summed E-state index contributed by atoms with van der Waals surface area (Å²) in [5, 5.41) is 0. The Kier molecular flexibility index (Phi) is 6.29. The first-order chi connectivity index (χ1) is 29.4. The van der Waals surface area contributed by atoms with Crippen LogP contribution < -0.4 is 0 Å². The fourth-order valence-corrected chi connectivity index (χ4v) is 19.7. The molecule has 0 amide bonds. The molecular weight excluding hydrogens is 801 g/mol. The van der Waals surface area contributed by atoms with Gasteiger partial charge < -0.3 is 42.7 Å². The summed E-state index contributed by atoms with van der Waals surface area (Å²) in [5.41, 5.74) is -1.90. The molecule has 11 heteroatoms. The van der Waals surface area contributed by atoms with E-state index in [9.17, 15) is 9.59 Å². The quantitative estimate of drug-likeness (QED) is 0.277. The van der Waals surface area contributed by atoms with Crippen molar-refractivity contribution in [2.24, 2.45) is 55.2 Å². The first kappa shape index (κ1) is 38.5. The van der Waals surface area contributed by atoms with Gasteiger partial charge in [-0.3, -0.25) is 9.59 Å². The van der Waals surface area contributed by atoms with E-state index >= 15 is 0 Å². The summed E-state index contributed by atoms with van der Waals surface area (Å²) in [4.78, 5) is 27.4. The minimum atomic E-state index is -0.642. The number of rotatable bonds is 2. The second-order valence-corrected chi connectivity index (χ2v) is 24.1. The fraction of sp³-hybridized carbons (Fsp3) is 0.654. The second-order valence-electron chi connectivity index (χ2n) is 24.1. The van der Waals surface area contributed by atoms with Gasteiger partial charge >= 0.3 is 0 Å². The molecule has 0 unspecified atom stereocenters. The van der Waals surface area contributed by atoms with Gasteiger partial charge in [-0.2, -0.15) is 0 Å². The molecule has 8 aliphatic carbocycles. The van der Waals surface area contributed by atoms with Crippen LogP contribution in [0, 0.1) is 55.2 Å². The van der Waals surface area contributed by atoms with E-state index in [1.165, 1.54) is 11.1 Å². The maximum absolute atomic E-state index is 13.7. The van der Waals surface area contributed by atoms with Gasteiger partial charge in [-0.1, -0.05) is 53.7 Å². The van der Waals surface area contributed by atoms with Crippen molar-refractivity contribution >= 4 is 11.6 Å². The zero-order valence-electron chi connectivity index (χ0n) is 37.4. The molecular formula is C52H58O11. The minimum absolute atomic E-state index is 0. The molecule has 2 aromatic heterocycles. The predicted molar refractivity (Wildman–Crippen MR) is 224 cm³/mol. The molecule has 8 heterocycles. The number of ether oxygens (including phenoxy) is 6. The van der Waals surface area contributed by atoms with Gasteiger partial charge in [0, 0.05) is 33.5 Å². The summed E-state index contributed by atoms with van der Waals surface area (Å²) in [6.07, 6.45) is 24.0. The maximum atomic E-state index is 13.7. The molecule has 20 atom stereocenters. The lowest BCUT2D eigenvalue weighted by molar-refractivity contribution is -0.152. The van der Waals surface area contributed by atoms with Crippen molar-refractivity contribution in [2.75, 3.05) is 13.2 Å². The van der Waals surface area contributed by atoms with Crippen LogP contribution in [0.4, 0.5) is 0 Å². The Bertz CT molecular complexity index is 2450. The van der Waals surface area contributed by atoms with Gasteiger partial charge in [0.2, 0.25) is 0 Å². The Balaban J connectivity index is 0.000000120. The minimum Gasteiger partial charge on any atom is -0.497 e. The third-order valence-electron chi connectivity index (χ3n) is 22.0. The number of carbonyl (C=O) groups is 2. The molecule has 4 spiro atoms.